The van der Waals surface area contributed by atoms with Gasteiger partial charge in [0.15, 0.2) is 0 Å². The minimum absolute atomic E-state index is 0. The van der Waals surface area contributed by atoms with E-state index in [-0.39, 0.29) is 27.7 Å². The summed E-state index contributed by atoms with van der Waals surface area (Å²) in [5.74, 6) is 0. The third-order valence-electron chi connectivity index (χ3n) is 2.34. The van der Waals surface area contributed by atoms with E-state index >= 15 is 0 Å². The molecule has 1 aliphatic carbocycles. The topological polar surface area (TPSA) is 0 Å². The van der Waals surface area contributed by atoms with Crippen molar-refractivity contribution in [3.63, 3.8) is 0 Å². The first-order chi connectivity index (χ1) is 8.96. The largest absolute Gasteiger partial charge is 2.00 e. The standard InChI is InChI=1S/C9H21P.C5H5.BF4.Os/c1-7(2)10(8(3)4)9(5)6;1-2-4-5-3-1;2-1(3,4)5;/h7-9H,1-6H3;1-5H;;/q;;-1;+2. The number of hydrogen-bond acceptors (Lipinski definition) is 0. The molecule has 0 spiro atoms. The zero-order valence-electron chi connectivity index (χ0n) is 13.5. The van der Waals surface area contributed by atoms with Gasteiger partial charge in [0.2, 0.25) is 0 Å². The van der Waals surface area contributed by atoms with Crippen molar-refractivity contribution >= 4 is 15.2 Å². The van der Waals surface area contributed by atoms with Crippen LogP contribution in [0.15, 0.2) is 0 Å². The molecule has 0 atom stereocenters. The molecule has 0 unspecified atom stereocenters. The maximum atomic E-state index is 9.75. The molecule has 5 radical (unpaired) electrons. The van der Waals surface area contributed by atoms with E-state index in [2.05, 4.69) is 41.5 Å². The van der Waals surface area contributed by atoms with Crippen LogP contribution in [0.5, 0.6) is 0 Å². The van der Waals surface area contributed by atoms with Gasteiger partial charge in [-0.2, -0.15) is 0 Å². The van der Waals surface area contributed by atoms with Gasteiger partial charge < -0.3 is 17.3 Å². The van der Waals surface area contributed by atoms with Crippen molar-refractivity contribution in [3.8, 4) is 0 Å². The third kappa shape index (κ3) is 23.3. The minimum Gasteiger partial charge on any atom is -0.418 e. The molecule has 0 aromatic heterocycles. The van der Waals surface area contributed by atoms with Crippen LogP contribution >= 0.6 is 7.92 Å². The van der Waals surface area contributed by atoms with E-state index in [1.165, 1.54) is 0 Å². The summed E-state index contributed by atoms with van der Waals surface area (Å²) in [6.07, 6.45) is 10.0. The predicted octanol–water partition coefficient (Wildman–Crippen LogP) is 6.01. The van der Waals surface area contributed by atoms with Crippen LogP contribution in [-0.2, 0) is 19.8 Å². The molecule has 0 amide bonds. The molecule has 0 aromatic rings. The molecule has 1 saturated carbocycles. The number of halogens is 4. The van der Waals surface area contributed by atoms with Gasteiger partial charge in [0, 0.05) is 0 Å². The average molecular weight is 502 g/mol. The van der Waals surface area contributed by atoms with E-state index in [4.69, 9.17) is 0 Å². The Morgan fingerprint density at radius 1 is 0.619 bits per heavy atom. The molecule has 0 aliphatic heterocycles. The fourth-order valence-electron chi connectivity index (χ4n) is 2.11. The van der Waals surface area contributed by atoms with Gasteiger partial charge in [0.1, 0.15) is 0 Å². The second-order valence-electron chi connectivity index (χ2n) is 5.19. The quantitative estimate of drug-likeness (QED) is 0.252. The van der Waals surface area contributed by atoms with Crippen molar-refractivity contribution in [3.05, 3.63) is 32.1 Å². The Bertz CT molecular complexity index is 187. The summed E-state index contributed by atoms with van der Waals surface area (Å²) in [6, 6.07) is 0. The van der Waals surface area contributed by atoms with Crippen molar-refractivity contribution in [1.82, 2.24) is 0 Å². The molecule has 0 bridgehead atoms. The molecule has 1 fully saturated rings. The maximum Gasteiger partial charge on any atom is 2.00 e. The maximum absolute atomic E-state index is 9.75. The number of hydrogen-bond donors (Lipinski definition) is 0. The molecule has 7 heteroatoms. The van der Waals surface area contributed by atoms with Crippen LogP contribution in [0.1, 0.15) is 41.5 Å². The van der Waals surface area contributed by atoms with E-state index in [1.54, 1.807) is 0 Å². The summed E-state index contributed by atoms with van der Waals surface area (Å²) >= 11 is 0. The first-order valence-corrected chi connectivity index (χ1v) is 8.33. The zero-order chi connectivity index (χ0) is 16.3. The van der Waals surface area contributed by atoms with Gasteiger partial charge in [-0.3, -0.25) is 0 Å². The summed E-state index contributed by atoms with van der Waals surface area (Å²) in [6.45, 7) is 14.1. The number of rotatable bonds is 3. The van der Waals surface area contributed by atoms with Crippen LogP contribution in [0.4, 0.5) is 17.3 Å². The molecule has 0 aromatic carbocycles. The van der Waals surface area contributed by atoms with Crippen LogP contribution in [-0.4, -0.2) is 24.2 Å². The van der Waals surface area contributed by atoms with E-state index in [0.717, 1.165) is 17.0 Å². The first-order valence-electron chi connectivity index (χ1n) is 6.78. The van der Waals surface area contributed by atoms with E-state index in [9.17, 15) is 17.3 Å². The Labute approximate surface area is 143 Å². The van der Waals surface area contributed by atoms with Crippen molar-refractivity contribution in [1.29, 1.82) is 0 Å². The van der Waals surface area contributed by atoms with E-state index in [1.807, 2.05) is 32.1 Å². The molecule has 125 valence electrons. The van der Waals surface area contributed by atoms with Crippen LogP contribution in [0.2, 0.25) is 0 Å². The molecule has 0 saturated heterocycles. The molecule has 21 heavy (non-hydrogen) atoms. The van der Waals surface area contributed by atoms with Crippen LogP contribution in [0, 0.1) is 32.1 Å². The van der Waals surface area contributed by atoms with Gasteiger partial charge >= 0.3 is 27.0 Å². The second kappa shape index (κ2) is 14.4. The monoisotopic (exact) mass is 504 g/mol. The Balaban J connectivity index is -0.000000249. The van der Waals surface area contributed by atoms with Gasteiger partial charge in [-0.05, 0) is 49.1 Å². The average Bonchev–Trinajstić information content (AvgIpc) is 2.68. The molecule has 0 heterocycles. The van der Waals surface area contributed by atoms with Crippen LogP contribution in [0.3, 0.4) is 0 Å². The third-order valence-corrected chi connectivity index (χ3v) is 5.92. The summed E-state index contributed by atoms with van der Waals surface area (Å²) < 4.78 is 39.0. The molecule has 0 nitrogen and oxygen atoms in total. The van der Waals surface area contributed by atoms with Gasteiger partial charge in [0.05, 0.1) is 0 Å². The first kappa shape index (κ1) is 26.7. The zero-order valence-corrected chi connectivity index (χ0v) is 16.9. The second-order valence-corrected chi connectivity index (χ2v) is 9.18. The van der Waals surface area contributed by atoms with Gasteiger partial charge in [-0.25, -0.2) is 0 Å². The van der Waals surface area contributed by atoms with Crippen molar-refractivity contribution in [2.24, 2.45) is 0 Å². The molecular weight excluding hydrogens is 476 g/mol. The summed E-state index contributed by atoms with van der Waals surface area (Å²) in [5.41, 5.74) is 2.69. The Hall–Kier alpha value is 0.851. The van der Waals surface area contributed by atoms with Crippen molar-refractivity contribution in [2.45, 2.75) is 58.5 Å². The fourth-order valence-corrected chi connectivity index (χ4v) is 5.69. The van der Waals surface area contributed by atoms with Crippen LogP contribution in [0.25, 0.3) is 0 Å². The van der Waals surface area contributed by atoms with Gasteiger partial charge in [0.25, 0.3) is 0 Å². The molecule has 1 aliphatic rings. The van der Waals surface area contributed by atoms with Crippen LogP contribution < -0.4 is 0 Å². The summed E-state index contributed by atoms with van der Waals surface area (Å²) in [4.78, 5) is 0. The summed E-state index contributed by atoms with van der Waals surface area (Å²) in [7, 11) is -5.74. The van der Waals surface area contributed by atoms with Crippen molar-refractivity contribution in [2.75, 3.05) is 0 Å². The fraction of sp³-hybridized carbons (Fsp3) is 0.643. The predicted molar refractivity (Wildman–Crippen MR) is 84.0 cm³/mol. The SMILES string of the molecule is CC(C)P(C(C)C)C(C)C.F[B-](F)(F)F.[CH]1[CH][CH][CH][CH]1.[Os+2]. The Kier molecular flexibility index (Phi) is 18.4. The molecular formula is C14H26BF4OsP+. The smallest absolute Gasteiger partial charge is 0.418 e. The van der Waals surface area contributed by atoms with Gasteiger partial charge in [-0.15, -0.1) is 0 Å². The summed E-state index contributed by atoms with van der Waals surface area (Å²) in [5, 5.41) is 0. The van der Waals surface area contributed by atoms with E-state index < -0.39 is 7.25 Å². The van der Waals surface area contributed by atoms with Crippen molar-refractivity contribution < 1.29 is 37.1 Å². The molecule has 1 rings (SSSR count). The minimum atomic E-state index is -6.00. The Morgan fingerprint density at radius 3 is 0.810 bits per heavy atom. The normalized spacial score (nSPS) is 14.6. The van der Waals surface area contributed by atoms with Gasteiger partial charge in [-0.1, -0.05) is 49.5 Å². The Morgan fingerprint density at radius 2 is 0.762 bits per heavy atom. The van der Waals surface area contributed by atoms with E-state index in [0.29, 0.717) is 0 Å². The molecule has 0 N–H and O–H groups in total.